The largest absolute Gasteiger partial charge is 0.457 e. The summed E-state index contributed by atoms with van der Waals surface area (Å²) < 4.78 is 16.8. The molecule has 0 radical (unpaired) electrons. The van der Waals surface area contributed by atoms with Crippen molar-refractivity contribution in [2.45, 2.75) is 6.61 Å². The molecule has 0 saturated carbocycles. The van der Waals surface area contributed by atoms with Crippen LogP contribution in [0.15, 0.2) is 97.1 Å². The highest BCUT2D eigenvalue weighted by atomic mass is 16.6. The Morgan fingerprint density at radius 2 is 1.14 bits per heavy atom. The normalized spacial score (nSPS) is 10.3. The standard InChI is InChI=1S/C26H18N2O8/c29-26(19-4-2-6-25(16-19)36-23-13-9-21(10-14-23)28(32)33)34-17-18-3-1-5-24(15-18)35-22-11-7-20(8-12-22)27(30)31/h1-16H,17H2. The number of nitro groups is 2. The summed E-state index contributed by atoms with van der Waals surface area (Å²) in [6.45, 7) is -0.0102. The first-order valence-corrected chi connectivity index (χ1v) is 10.6. The van der Waals surface area contributed by atoms with Gasteiger partial charge in [0.15, 0.2) is 0 Å². The maximum absolute atomic E-state index is 12.6. The third-order valence-corrected chi connectivity index (χ3v) is 4.90. The maximum atomic E-state index is 12.6. The van der Waals surface area contributed by atoms with E-state index in [2.05, 4.69) is 0 Å². The van der Waals surface area contributed by atoms with Crippen molar-refractivity contribution in [1.29, 1.82) is 0 Å². The predicted molar refractivity (Wildman–Crippen MR) is 128 cm³/mol. The SMILES string of the molecule is O=C(OCc1cccc(Oc2ccc([N+](=O)[O-])cc2)c1)c1cccc(Oc2ccc([N+](=O)[O-])cc2)c1. The van der Waals surface area contributed by atoms with Crippen molar-refractivity contribution in [2.24, 2.45) is 0 Å². The molecule has 4 aromatic carbocycles. The van der Waals surface area contributed by atoms with Gasteiger partial charge < -0.3 is 14.2 Å². The Bertz CT molecular complexity index is 1400. The minimum atomic E-state index is -0.564. The summed E-state index contributed by atoms with van der Waals surface area (Å²) in [4.78, 5) is 33.1. The van der Waals surface area contributed by atoms with Gasteiger partial charge in [0, 0.05) is 24.3 Å². The Labute approximate surface area is 204 Å². The number of non-ortho nitro benzene ring substituents is 2. The summed E-state index contributed by atoms with van der Waals surface area (Å²) >= 11 is 0. The Morgan fingerprint density at radius 3 is 1.67 bits per heavy atom. The average molecular weight is 486 g/mol. The summed E-state index contributed by atoms with van der Waals surface area (Å²) in [6.07, 6.45) is 0. The lowest BCUT2D eigenvalue weighted by molar-refractivity contribution is -0.385. The minimum absolute atomic E-state index is 0.0102. The zero-order chi connectivity index (χ0) is 25.5. The number of carbonyl (C=O) groups excluding carboxylic acids is 1. The second kappa shape index (κ2) is 10.8. The van der Waals surface area contributed by atoms with Crippen molar-refractivity contribution in [3.05, 3.63) is 128 Å². The summed E-state index contributed by atoms with van der Waals surface area (Å²) in [5.41, 5.74) is 0.862. The Hall–Kier alpha value is -5.25. The van der Waals surface area contributed by atoms with Crippen LogP contribution < -0.4 is 9.47 Å². The van der Waals surface area contributed by atoms with Gasteiger partial charge in [-0.15, -0.1) is 0 Å². The molecule has 0 N–H and O–H groups in total. The fourth-order valence-corrected chi connectivity index (χ4v) is 3.16. The van der Waals surface area contributed by atoms with E-state index in [1.54, 1.807) is 42.5 Å². The van der Waals surface area contributed by atoms with Crippen molar-refractivity contribution < 1.29 is 28.9 Å². The first kappa shape index (κ1) is 23.9. The zero-order valence-electron chi connectivity index (χ0n) is 18.6. The van der Waals surface area contributed by atoms with E-state index in [0.29, 0.717) is 28.6 Å². The zero-order valence-corrected chi connectivity index (χ0v) is 18.6. The molecule has 0 saturated heterocycles. The van der Waals surface area contributed by atoms with E-state index in [1.165, 1.54) is 54.6 Å². The van der Waals surface area contributed by atoms with Gasteiger partial charge in [0.2, 0.25) is 0 Å². The molecule has 0 aliphatic rings. The maximum Gasteiger partial charge on any atom is 0.338 e. The van der Waals surface area contributed by atoms with Crippen molar-refractivity contribution in [3.63, 3.8) is 0 Å². The number of rotatable bonds is 9. The molecule has 0 unspecified atom stereocenters. The number of benzene rings is 4. The van der Waals surface area contributed by atoms with Crippen LogP contribution in [0.3, 0.4) is 0 Å². The smallest absolute Gasteiger partial charge is 0.338 e. The second-order valence-electron chi connectivity index (χ2n) is 7.46. The lowest BCUT2D eigenvalue weighted by Gasteiger charge is -2.10. The van der Waals surface area contributed by atoms with Gasteiger partial charge in [-0.05, 0) is 60.2 Å². The molecule has 0 aliphatic heterocycles. The summed E-state index contributed by atoms with van der Waals surface area (Å²) in [5.74, 6) is 1.11. The molecular weight excluding hydrogens is 468 g/mol. The highest BCUT2D eigenvalue weighted by Gasteiger charge is 2.11. The Balaban J connectivity index is 1.36. The van der Waals surface area contributed by atoms with E-state index in [9.17, 15) is 25.0 Å². The number of carbonyl (C=O) groups is 1. The van der Waals surface area contributed by atoms with Crippen molar-refractivity contribution in [1.82, 2.24) is 0 Å². The van der Waals surface area contributed by atoms with Gasteiger partial charge in [0.05, 0.1) is 15.4 Å². The monoisotopic (exact) mass is 486 g/mol. The average Bonchev–Trinajstić information content (AvgIpc) is 2.88. The predicted octanol–water partition coefficient (Wildman–Crippen LogP) is 6.44. The van der Waals surface area contributed by atoms with E-state index in [4.69, 9.17) is 14.2 Å². The molecule has 4 rings (SSSR count). The molecule has 0 amide bonds. The molecular formula is C26H18N2O8. The number of nitrogens with zero attached hydrogens (tertiary/aromatic N) is 2. The fourth-order valence-electron chi connectivity index (χ4n) is 3.16. The van der Waals surface area contributed by atoms with Gasteiger partial charge in [-0.3, -0.25) is 20.2 Å². The van der Waals surface area contributed by atoms with Crippen molar-refractivity contribution >= 4 is 17.3 Å². The molecule has 0 atom stereocenters. The summed E-state index contributed by atoms with van der Waals surface area (Å²) in [7, 11) is 0. The van der Waals surface area contributed by atoms with Crippen LogP contribution in [0, 0.1) is 20.2 Å². The van der Waals surface area contributed by atoms with E-state index in [0.717, 1.165) is 0 Å². The summed E-state index contributed by atoms with van der Waals surface area (Å²) in [5, 5.41) is 21.5. The lowest BCUT2D eigenvalue weighted by Crippen LogP contribution is -2.05. The molecule has 10 heteroatoms. The third kappa shape index (κ3) is 6.20. The van der Waals surface area contributed by atoms with Crippen LogP contribution >= 0.6 is 0 Å². The number of hydrogen-bond donors (Lipinski definition) is 0. The molecule has 180 valence electrons. The van der Waals surface area contributed by atoms with E-state index >= 15 is 0 Å². The van der Waals surface area contributed by atoms with Gasteiger partial charge >= 0.3 is 5.97 Å². The van der Waals surface area contributed by atoms with Crippen LogP contribution in [0.2, 0.25) is 0 Å². The molecule has 0 bridgehead atoms. The quantitative estimate of drug-likeness (QED) is 0.150. The summed E-state index contributed by atoms with van der Waals surface area (Å²) in [6, 6.07) is 24.6. The topological polar surface area (TPSA) is 131 Å². The number of ether oxygens (including phenoxy) is 3. The van der Waals surface area contributed by atoms with Crippen LogP contribution in [0.25, 0.3) is 0 Å². The van der Waals surface area contributed by atoms with Crippen molar-refractivity contribution in [3.8, 4) is 23.0 Å². The number of esters is 1. The van der Waals surface area contributed by atoms with Gasteiger partial charge in [0.1, 0.15) is 29.6 Å². The van der Waals surface area contributed by atoms with Gasteiger partial charge in [-0.25, -0.2) is 4.79 Å². The number of nitro benzene ring substituents is 2. The van der Waals surface area contributed by atoms with Crippen LogP contribution in [0.4, 0.5) is 11.4 Å². The van der Waals surface area contributed by atoms with Crippen LogP contribution in [-0.4, -0.2) is 15.8 Å². The molecule has 0 aromatic heterocycles. The molecule has 0 spiro atoms. The van der Waals surface area contributed by atoms with Crippen LogP contribution in [0.5, 0.6) is 23.0 Å². The molecule has 4 aromatic rings. The molecule has 0 fully saturated rings. The van der Waals surface area contributed by atoms with Crippen LogP contribution in [-0.2, 0) is 11.3 Å². The van der Waals surface area contributed by atoms with Gasteiger partial charge in [-0.2, -0.15) is 0 Å². The van der Waals surface area contributed by atoms with E-state index < -0.39 is 15.8 Å². The van der Waals surface area contributed by atoms with Crippen LogP contribution in [0.1, 0.15) is 15.9 Å². The molecule has 0 heterocycles. The second-order valence-corrected chi connectivity index (χ2v) is 7.46. The lowest BCUT2D eigenvalue weighted by atomic mass is 10.2. The highest BCUT2D eigenvalue weighted by Crippen LogP contribution is 2.26. The molecule has 0 aliphatic carbocycles. The first-order chi connectivity index (χ1) is 17.4. The Morgan fingerprint density at radius 1 is 0.639 bits per heavy atom. The van der Waals surface area contributed by atoms with Gasteiger partial charge in [0.25, 0.3) is 11.4 Å². The number of hydrogen-bond acceptors (Lipinski definition) is 8. The fraction of sp³-hybridized carbons (Fsp3) is 0.0385. The van der Waals surface area contributed by atoms with Crippen molar-refractivity contribution in [2.75, 3.05) is 0 Å². The third-order valence-electron chi connectivity index (χ3n) is 4.90. The van der Waals surface area contributed by atoms with Gasteiger partial charge in [-0.1, -0.05) is 18.2 Å². The van der Waals surface area contributed by atoms with E-state index in [1.807, 2.05) is 0 Å². The first-order valence-electron chi connectivity index (χ1n) is 10.6. The van der Waals surface area contributed by atoms with E-state index in [-0.39, 0.29) is 23.5 Å². The molecule has 36 heavy (non-hydrogen) atoms. The molecule has 10 nitrogen and oxygen atoms in total. The highest BCUT2D eigenvalue weighted by molar-refractivity contribution is 5.89. The Kier molecular flexibility index (Phi) is 7.16. The minimum Gasteiger partial charge on any atom is -0.457 e.